The molecule has 5 unspecified atom stereocenters. The van der Waals surface area contributed by atoms with Crippen LogP contribution in [-0.4, -0.2) is 81.0 Å². The van der Waals surface area contributed by atoms with Crippen molar-refractivity contribution >= 4 is 42.3 Å². The number of rotatable bonds is 13. The lowest BCUT2D eigenvalue weighted by atomic mass is 10.0. The van der Waals surface area contributed by atoms with Gasteiger partial charge in [-0.2, -0.15) is 12.6 Å². The zero-order valence-corrected chi connectivity index (χ0v) is 18.7. The molecule has 0 heterocycles. The molecule has 0 spiro atoms. The van der Waals surface area contributed by atoms with Crippen molar-refractivity contribution < 1.29 is 39.3 Å². The van der Waals surface area contributed by atoms with E-state index in [9.17, 15) is 34.2 Å². The molecule has 0 aliphatic rings. The Morgan fingerprint density at radius 3 is 2.00 bits per heavy atom. The van der Waals surface area contributed by atoms with Gasteiger partial charge < -0.3 is 37.0 Å². The predicted octanol–water partition coefficient (Wildman–Crippen LogP) is -2.12. The van der Waals surface area contributed by atoms with Gasteiger partial charge in [-0.05, 0) is 12.5 Å². The summed E-state index contributed by atoms with van der Waals surface area (Å²) in [4.78, 5) is 59.5. The molecule has 13 heteroatoms. The molecule has 0 fully saturated rings. The SMILES string of the molecule is CC(O)C(NC(=O)C(CS)NC(=O)C(N)CC(=O)O)C(=O)NC(Cc1ccccc1)C(=O)O. The number of benzene rings is 1. The van der Waals surface area contributed by atoms with Crippen LogP contribution in [0.2, 0.25) is 0 Å². The molecule has 0 aliphatic carbocycles. The smallest absolute Gasteiger partial charge is 0.326 e. The summed E-state index contributed by atoms with van der Waals surface area (Å²) in [6.45, 7) is 1.22. The van der Waals surface area contributed by atoms with E-state index in [-0.39, 0.29) is 12.2 Å². The molecule has 12 nitrogen and oxygen atoms in total. The third kappa shape index (κ3) is 9.47. The number of aliphatic hydroxyl groups excluding tert-OH is 1. The number of carboxylic acids is 2. The average molecular weight is 485 g/mol. The molecule has 0 radical (unpaired) electrons. The van der Waals surface area contributed by atoms with E-state index in [1.165, 1.54) is 6.92 Å². The van der Waals surface area contributed by atoms with Gasteiger partial charge in [0.25, 0.3) is 0 Å². The minimum Gasteiger partial charge on any atom is -0.481 e. The van der Waals surface area contributed by atoms with Crippen LogP contribution in [0.3, 0.4) is 0 Å². The molecule has 0 saturated heterocycles. The molecule has 1 aromatic rings. The zero-order valence-electron chi connectivity index (χ0n) is 17.8. The van der Waals surface area contributed by atoms with Crippen LogP contribution in [-0.2, 0) is 30.4 Å². The van der Waals surface area contributed by atoms with E-state index < -0.39 is 66.4 Å². The number of hydrogen-bond acceptors (Lipinski definition) is 8. The number of nitrogens with one attached hydrogen (secondary N) is 3. The summed E-state index contributed by atoms with van der Waals surface area (Å²) < 4.78 is 0. The minimum atomic E-state index is -1.54. The van der Waals surface area contributed by atoms with E-state index in [2.05, 4.69) is 28.6 Å². The van der Waals surface area contributed by atoms with Crippen LogP contribution in [0.1, 0.15) is 18.9 Å². The number of amides is 3. The first kappa shape index (κ1) is 27.9. The highest BCUT2D eigenvalue weighted by atomic mass is 32.1. The van der Waals surface area contributed by atoms with Gasteiger partial charge in [-0.1, -0.05) is 30.3 Å². The fraction of sp³-hybridized carbons (Fsp3) is 0.450. The maximum Gasteiger partial charge on any atom is 0.326 e. The third-order valence-electron chi connectivity index (χ3n) is 4.51. The molecule has 3 amide bonds. The van der Waals surface area contributed by atoms with Gasteiger partial charge in [-0.3, -0.25) is 19.2 Å². The van der Waals surface area contributed by atoms with Gasteiger partial charge in [0.15, 0.2) is 0 Å². The Labute approximate surface area is 195 Å². The molecule has 8 N–H and O–H groups in total. The molecule has 5 atom stereocenters. The van der Waals surface area contributed by atoms with Crippen molar-refractivity contribution in [1.29, 1.82) is 0 Å². The first-order valence-corrected chi connectivity index (χ1v) is 10.5. The maximum atomic E-state index is 12.6. The number of carbonyl (C=O) groups excluding carboxylic acids is 3. The molecule has 1 rings (SSSR count). The first-order chi connectivity index (χ1) is 15.5. The monoisotopic (exact) mass is 484 g/mol. The predicted molar refractivity (Wildman–Crippen MR) is 119 cm³/mol. The van der Waals surface area contributed by atoms with Crippen LogP contribution >= 0.6 is 12.6 Å². The van der Waals surface area contributed by atoms with Crippen LogP contribution in [0, 0.1) is 0 Å². The fourth-order valence-electron chi connectivity index (χ4n) is 2.72. The topological polar surface area (TPSA) is 208 Å². The number of aliphatic carboxylic acids is 2. The molecule has 182 valence electrons. The lowest BCUT2D eigenvalue weighted by Crippen LogP contribution is -2.60. The normalized spacial score (nSPS) is 15.3. The Hall–Kier alpha value is -3.16. The highest BCUT2D eigenvalue weighted by Crippen LogP contribution is 2.05. The van der Waals surface area contributed by atoms with E-state index in [1.807, 2.05) is 0 Å². The second-order valence-electron chi connectivity index (χ2n) is 7.26. The first-order valence-electron chi connectivity index (χ1n) is 9.90. The van der Waals surface area contributed by atoms with Crippen LogP contribution in [0.15, 0.2) is 30.3 Å². The van der Waals surface area contributed by atoms with Crippen molar-refractivity contribution in [3.05, 3.63) is 35.9 Å². The average Bonchev–Trinajstić information content (AvgIpc) is 2.74. The van der Waals surface area contributed by atoms with Crippen LogP contribution < -0.4 is 21.7 Å². The van der Waals surface area contributed by atoms with Gasteiger partial charge >= 0.3 is 11.9 Å². The van der Waals surface area contributed by atoms with E-state index in [1.54, 1.807) is 30.3 Å². The summed E-state index contributed by atoms with van der Waals surface area (Å²) in [5.41, 5.74) is 6.11. The minimum absolute atomic E-state index is 0.0286. The van der Waals surface area contributed by atoms with Crippen molar-refractivity contribution in [1.82, 2.24) is 16.0 Å². The summed E-state index contributed by atoms with van der Waals surface area (Å²) in [6.07, 6.45) is -2.10. The van der Waals surface area contributed by atoms with Gasteiger partial charge in [0.05, 0.1) is 18.6 Å². The van der Waals surface area contributed by atoms with Gasteiger partial charge in [0.2, 0.25) is 17.7 Å². The lowest BCUT2D eigenvalue weighted by molar-refractivity contribution is -0.143. The van der Waals surface area contributed by atoms with E-state index >= 15 is 0 Å². The van der Waals surface area contributed by atoms with E-state index in [4.69, 9.17) is 10.8 Å². The Balaban J connectivity index is 2.85. The van der Waals surface area contributed by atoms with E-state index in [0.29, 0.717) is 5.56 Å². The molecule has 0 aliphatic heterocycles. The summed E-state index contributed by atoms with van der Waals surface area (Å²) in [7, 11) is 0. The van der Waals surface area contributed by atoms with Gasteiger partial charge in [-0.25, -0.2) is 4.79 Å². The number of carboxylic acid groups (broad SMARTS) is 2. The Morgan fingerprint density at radius 2 is 1.52 bits per heavy atom. The molecule has 0 aromatic heterocycles. The van der Waals surface area contributed by atoms with Gasteiger partial charge in [0.1, 0.15) is 18.1 Å². The molecule has 33 heavy (non-hydrogen) atoms. The second-order valence-corrected chi connectivity index (χ2v) is 7.63. The molecular weight excluding hydrogens is 456 g/mol. The maximum absolute atomic E-state index is 12.6. The van der Waals surface area contributed by atoms with Gasteiger partial charge in [-0.15, -0.1) is 0 Å². The van der Waals surface area contributed by atoms with Crippen molar-refractivity contribution in [3.63, 3.8) is 0 Å². The third-order valence-corrected chi connectivity index (χ3v) is 4.87. The highest BCUT2D eigenvalue weighted by Gasteiger charge is 2.32. The largest absolute Gasteiger partial charge is 0.481 e. The molecule has 0 saturated carbocycles. The fourth-order valence-corrected chi connectivity index (χ4v) is 2.98. The van der Waals surface area contributed by atoms with Crippen molar-refractivity contribution in [3.8, 4) is 0 Å². The Morgan fingerprint density at radius 1 is 0.939 bits per heavy atom. The zero-order chi connectivity index (χ0) is 25.1. The molecule has 0 bridgehead atoms. The second kappa shape index (κ2) is 13.4. The number of aliphatic hydroxyl groups is 1. The lowest BCUT2D eigenvalue weighted by Gasteiger charge is -2.26. The van der Waals surface area contributed by atoms with E-state index in [0.717, 1.165) is 0 Å². The van der Waals surface area contributed by atoms with Crippen molar-refractivity contribution in [2.45, 2.75) is 50.0 Å². The number of carbonyl (C=O) groups is 5. The number of hydrogen-bond donors (Lipinski definition) is 8. The van der Waals surface area contributed by atoms with Crippen molar-refractivity contribution in [2.75, 3.05) is 5.75 Å². The highest BCUT2D eigenvalue weighted by molar-refractivity contribution is 7.80. The molecular formula is C20H28N4O8S. The summed E-state index contributed by atoms with van der Waals surface area (Å²) >= 11 is 3.96. The van der Waals surface area contributed by atoms with Crippen molar-refractivity contribution in [2.24, 2.45) is 5.73 Å². The van der Waals surface area contributed by atoms with Crippen LogP contribution in [0.25, 0.3) is 0 Å². The summed E-state index contributed by atoms with van der Waals surface area (Å²) in [5, 5.41) is 34.9. The number of thiol groups is 1. The van der Waals surface area contributed by atoms with Gasteiger partial charge in [0, 0.05) is 12.2 Å². The quantitative estimate of drug-likeness (QED) is 0.144. The Kier molecular flexibility index (Phi) is 11.3. The molecule has 1 aromatic carbocycles. The number of nitrogens with two attached hydrogens (primary N) is 1. The standard InChI is InChI=1S/C20H28N4O8S/c1-10(25)16(19(30)22-13(20(31)32)7-11-5-3-2-4-6-11)24-18(29)14(9-33)23-17(28)12(21)8-15(26)27/h2-6,10,12-14,16,25,33H,7-9,21H2,1H3,(H,22,30)(H,23,28)(H,24,29)(H,26,27)(H,31,32). The van der Waals surface area contributed by atoms with Crippen LogP contribution in [0.4, 0.5) is 0 Å². The summed E-state index contributed by atoms with van der Waals surface area (Å²) in [5.74, 6) is -5.62. The Bertz CT molecular complexity index is 852. The van der Waals surface area contributed by atoms with Crippen LogP contribution in [0.5, 0.6) is 0 Å². The summed E-state index contributed by atoms with van der Waals surface area (Å²) in [6, 6.07) is 2.97.